The molecule has 3 aromatic rings. The van der Waals surface area contributed by atoms with Gasteiger partial charge >= 0.3 is 0 Å². The zero-order chi connectivity index (χ0) is 20.1. The van der Waals surface area contributed by atoms with Gasteiger partial charge in [-0.3, -0.25) is 4.79 Å². The monoisotopic (exact) mass is 388 g/mol. The molecular formula is C23H24N4O2. The van der Waals surface area contributed by atoms with Gasteiger partial charge in [0.1, 0.15) is 11.6 Å². The van der Waals surface area contributed by atoms with Crippen LogP contribution in [-0.4, -0.2) is 33.9 Å². The number of carbonyl (C=O) groups is 1. The topological polar surface area (TPSA) is 67.4 Å². The summed E-state index contributed by atoms with van der Waals surface area (Å²) < 4.78 is 6.11. The number of anilines is 2. The molecule has 1 aliphatic heterocycles. The molecule has 1 atom stereocenters. The fourth-order valence-corrected chi connectivity index (χ4v) is 3.62. The number of piperidine rings is 1. The van der Waals surface area contributed by atoms with Gasteiger partial charge in [0.05, 0.1) is 0 Å². The summed E-state index contributed by atoms with van der Waals surface area (Å²) in [5.41, 5.74) is 1.98. The number of hydrogen-bond donors (Lipinski definition) is 1. The van der Waals surface area contributed by atoms with Crippen LogP contribution in [-0.2, 0) is 4.79 Å². The molecule has 6 nitrogen and oxygen atoms in total. The molecule has 1 unspecified atom stereocenters. The molecule has 29 heavy (non-hydrogen) atoms. The highest BCUT2D eigenvalue weighted by atomic mass is 16.5. The zero-order valence-electron chi connectivity index (χ0n) is 16.4. The lowest BCUT2D eigenvalue weighted by Gasteiger charge is -2.32. The Morgan fingerprint density at radius 3 is 2.66 bits per heavy atom. The predicted molar refractivity (Wildman–Crippen MR) is 113 cm³/mol. The van der Waals surface area contributed by atoms with E-state index in [1.165, 1.54) is 0 Å². The second-order valence-corrected chi connectivity index (χ2v) is 7.17. The third-order valence-corrected chi connectivity index (χ3v) is 5.11. The number of hydrogen-bond acceptors (Lipinski definition) is 5. The van der Waals surface area contributed by atoms with Crippen molar-refractivity contribution in [1.82, 2.24) is 14.9 Å². The fourth-order valence-electron chi connectivity index (χ4n) is 3.62. The largest absolute Gasteiger partial charge is 0.439 e. The maximum atomic E-state index is 11.8. The van der Waals surface area contributed by atoms with Crippen LogP contribution < -0.4 is 10.1 Å². The Morgan fingerprint density at radius 1 is 1.07 bits per heavy atom. The standard InChI is InChI=1S/C23H24N4O2/c1-17(28)27-15-5-6-18(16-27)21-7-4-14-25-23(21)29-20-11-9-19(10-12-20)26-22-8-2-3-13-24-22/h2-4,7-14,18H,5-6,15-16H2,1H3,(H,24,26). The number of likely N-dealkylation sites (tertiary alicyclic amines) is 1. The first-order valence-corrected chi connectivity index (χ1v) is 9.85. The molecule has 0 spiro atoms. The Kier molecular flexibility index (Phi) is 5.70. The average Bonchev–Trinajstić information content (AvgIpc) is 2.76. The molecule has 3 heterocycles. The van der Waals surface area contributed by atoms with E-state index >= 15 is 0 Å². The average molecular weight is 388 g/mol. The van der Waals surface area contributed by atoms with Crippen molar-refractivity contribution in [3.8, 4) is 11.6 Å². The molecule has 0 bridgehead atoms. The van der Waals surface area contributed by atoms with E-state index in [1.54, 1.807) is 19.3 Å². The van der Waals surface area contributed by atoms with Crippen LogP contribution in [0, 0.1) is 0 Å². The van der Waals surface area contributed by atoms with Crippen molar-refractivity contribution in [3.63, 3.8) is 0 Å². The number of carbonyl (C=O) groups excluding carboxylic acids is 1. The molecule has 1 fully saturated rings. The lowest BCUT2D eigenvalue weighted by atomic mass is 9.91. The molecule has 1 aromatic carbocycles. The number of pyridine rings is 2. The molecule has 0 aliphatic carbocycles. The highest BCUT2D eigenvalue weighted by molar-refractivity contribution is 5.73. The van der Waals surface area contributed by atoms with Gasteiger partial charge in [-0.2, -0.15) is 0 Å². The first-order valence-electron chi connectivity index (χ1n) is 9.85. The molecule has 0 radical (unpaired) electrons. The van der Waals surface area contributed by atoms with Crippen molar-refractivity contribution >= 4 is 17.4 Å². The van der Waals surface area contributed by atoms with E-state index in [2.05, 4.69) is 15.3 Å². The van der Waals surface area contributed by atoms with Crippen LogP contribution in [0.4, 0.5) is 11.5 Å². The Morgan fingerprint density at radius 2 is 1.90 bits per heavy atom. The summed E-state index contributed by atoms with van der Waals surface area (Å²) in [4.78, 5) is 22.4. The third-order valence-electron chi connectivity index (χ3n) is 5.11. The number of aromatic nitrogens is 2. The van der Waals surface area contributed by atoms with Gasteiger partial charge in [0, 0.05) is 49.6 Å². The quantitative estimate of drug-likeness (QED) is 0.684. The van der Waals surface area contributed by atoms with E-state index in [4.69, 9.17) is 4.74 Å². The van der Waals surface area contributed by atoms with Crippen molar-refractivity contribution in [2.75, 3.05) is 18.4 Å². The minimum Gasteiger partial charge on any atom is -0.439 e. The summed E-state index contributed by atoms with van der Waals surface area (Å²) in [5.74, 6) is 2.48. The second kappa shape index (κ2) is 8.73. The van der Waals surface area contributed by atoms with E-state index in [0.717, 1.165) is 42.2 Å². The SMILES string of the molecule is CC(=O)N1CCCC(c2cccnc2Oc2ccc(Nc3ccccn3)cc2)C1. The number of nitrogens with one attached hydrogen (secondary N) is 1. The summed E-state index contributed by atoms with van der Waals surface area (Å²) in [6.45, 7) is 3.17. The molecule has 1 N–H and O–H groups in total. The Balaban J connectivity index is 1.48. The second-order valence-electron chi connectivity index (χ2n) is 7.17. The number of amides is 1. The highest BCUT2D eigenvalue weighted by Gasteiger charge is 2.25. The van der Waals surface area contributed by atoms with E-state index in [9.17, 15) is 4.79 Å². The van der Waals surface area contributed by atoms with Gasteiger partial charge in [-0.15, -0.1) is 0 Å². The molecule has 4 rings (SSSR count). The van der Waals surface area contributed by atoms with Crippen LogP contribution >= 0.6 is 0 Å². The Hall–Kier alpha value is -3.41. The number of nitrogens with zero attached hydrogens (tertiary/aromatic N) is 3. The third kappa shape index (κ3) is 4.71. The van der Waals surface area contributed by atoms with Crippen molar-refractivity contribution in [3.05, 3.63) is 72.6 Å². The number of rotatable bonds is 5. The fraction of sp³-hybridized carbons (Fsp3) is 0.261. The zero-order valence-corrected chi connectivity index (χ0v) is 16.4. The Bertz CT molecular complexity index is 960. The molecule has 148 valence electrons. The summed E-state index contributed by atoms with van der Waals surface area (Å²) in [7, 11) is 0. The lowest BCUT2D eigenvalue weighted by molar-refractivity contribution is -0.130. The Labute approximate surface area is 170 Å². The molecule has 1 aliphatic rings. The first kappa shape index (κ1) is 18.9. The summed E-state index contributed by atoms with van der Waals surface area (Å²) in [5, 5.41) is 3.25. The predicted octanol–water partition coefficient (Wildman–Crippen LogP) is 4.74. The van der Waals surface area contributed by atoms with Crippen LogP contribution in [0.3, 0.4) is 0 Å². The molecule has 2 aromatic heterocycles. The first-order chi connectivity index (χ1) is 14.2. The molecule has 1 saturated heterocycles. The number of benzene rings is 1. The van der Waals surface area contributed by atoms with Crippen LogP contribution in [0.15, 0.2) is 67.0 Å². The van der Waals surface area contributed by atoms with Crippen LogP contribution in [0.5, 0.6) is 11.6 Å². The summed E-state index contributed by atoms with van der Waals surface area (Å²) >= 11 is 0. The highest BCUT2D eigenvalue weighted by Crippen LogP contribution is 2.34. The molecule has 0 saturated carbocycles. The minimum atomic E-state index is 0.122. The van der Waals surface area contributed by atoms with Gasteiger partial charge in [0.15, 0.2) is 0 Å². The van der Waals surface area contributed by atoms with E-state index in [-0.39, 0.29) is 11.8 Å². The summed E-state index contributed by atoms with van der Waals surface area (Å²) in [6, 6.07) is 17.4. The molecular weight excluding hydrogens is 364 g/mol. The van der Waals surface area contributed by atoms with Crippen molar-refractivity contribution in [2.45, 2.75) is 25.7 Å². The smallest absolute Gasteiger partial charge is 0.222 e. The maximum Gasteiger partial charge on any atom is 0.222 e. The van der Waals surface area contributed by atoms with Gasteiger partial charge < -0.3 is 15.0 Å². The van der Waals surface area contributed by atoms with E-state index in [0.29, 0.717) is 12.4 Å². The lowest BCUT2D eigenvalue weighted by Crippen LogP contribution is -2.37. The van der Waals surface area contributed by atoms with Gasteiger partial charge in [0.25, 0.3) is 0 Å². The minimum absolute atomic E-state index is 0.122. The van der Waals surface area contributed by atoms with Crippen LogP contribution in [0.1, 0.15) is 31.2 Å². The van der Waals surface area contributed by atoms with Crippen molar-refractivity contribution in [1.29, 1.82) is 0 Å². The van der Waals surface area contributed by atoms with Crippen molar-refractivity contribution in [2.24, 2.45) is 0 Å². The van der Waals surface area contributed by atoms with Gasteiger partial charge in [-0.1, -0.05) is 12.1 Å². The van der Waals surface area contributed by atoms with Gasteiger partial charge in [-0.05, 0) is 55.3 Å². The molecule has 6 heteroatoms. The van der Waals surface area contributed by atoms with Crippen LogP contribution in [0.2, 0.25) is 0 Å². The normalized spacial score (nSPS) is 16.3. The van der Waals surface area contributed by atoms with Gasteiger partial charge in [-0.25, -0.2) is 9.97 Å². The van der Waals surface area contributed by atoms with Gasteiger partial charge in [0.2, 0.25) is 11.8 Å². The maximum absolute atomic E-state index is 11.8. The van der Waals surface area contributed by atoms with Crippen LogP contribution in [0.25, 0.3) is 0 Å². The summed E-state index contributed by atoms with van der Waals surface area (Å²) in [6.07, 6.45) is 5.51. The number of ether oxygens (including phenoxy) is 1. The van der Waals surface area contributed by atoms with Crippen molar-refractivity contribution < 1.29 is 9.53 Å². The molecule has 1 amide bonds. The van der Waals surface area contributed by atoms with E-state index in [1.807, 2.05) is 59.5 Å². The van der Waals surface area contributed by atoms with E-state index < -0.39 is 0 Å².